The van der Waals surface area contributed by atoms with E-state index in [9.17, 15) is 15.2 Å². The number of nitro groups is 1. The molecule has 1 atom stereocenters. The molecule has 0 spiro atoms. The maximum atomic E-state index is 10.6. The summed E-state index contributed by atoms with van der Waals surface area (Å²) in [6.07, 6.45) is 2.73. The highest BCUT2D eigenvalue weighted by molar-refractivity contribution is 9.10. The van der Waals surface area contributed by atoms with Gasteiger partial charge in [-0.1, -0.05) is 13.3 Å². The minimum Gasteiger partial charge on any atom is -0.388 e. The Balaban J connectivity index is 2.71. The molecule has 0 aliphatic heterocycles. The number of anilines is 1. The zero-order valence-electron chi connectivity index (χ0n) is 10.3. The molecule has 0 fully saturated rings. The fraction of sp³-hybridized carbons (Fsp3) is 0.545. The summed E-state index contributed by atoms with van der Waals surface area (Å²) in [5, 5.41) is 23.5. The Morgan fingerprint density at radius 2 is 2.33 bits per heavy atom. The lowest BCUT2D eigenvalue weighted by molar-refractivity contribution is -0.385. The number of aliphatic hydroxyl groups is 1. The van der Waals surface area contributed by atoms with E-state index in [-0.39, 0.29) is 5.69 Å². The first kappa shape index (κ1) is 14.8. The van der Waals surface area contributed by atoms with Gasteiger partial charge in [0.2, 0.25) is 0 Å². The van der Waals surface area contributed by atoms with Gasteiger partial charge in [-0.15, -0.1) is 0 Å². The third kappa shape index (κ3) is 4.23. The lowest BCUT2D eigenvalue weighted by Crippen LogP contribution is -2.33. The Labute approximate surface area is 114 Å². The Morgan fingerprint density at radius 1 is 1.67 bits per heavy atom. The zero-order valence-corrected chi connectivity index (χ0v) is 11.9. The number of nitrogens with one attached hydrogen (secondary N) is 1. The number of halogens is 1. The zero-order chi connectivity index (χ0) is 13.8. The Hall–Kier alpha value is -1.21. The third-order valence-corrected chi connectivity index (χ3v) is 3.07. The van der Waals surface area contributed by atoms with Crippen LogP contribution in [-0.2, 0) is 0 Å². The van der Waals surface area contributed by atoms with Crippen LogP contribution in [0.4, 0.5) is 11.5 Å². The summed E-state index contributed by atoms with van der Waals surface area (Å²) in [5.41, 5.74) is -0.898. The fourth-order valence-corrected chi connectivity index (χ4v) is 2.04. The smallest absolute Gasteiger partial charge is 0.288 e. The van der Waals surface area contributed by atoms with E-state index in [1.54, 1.807) is 6.92 Å². The lowest BCUT2D eigenvalue weighted by Gasteiger charge is -2.23. The van der Waals surface area contributed by atoms with E-state index in [1.165, 1.54) is 12.3 Å². The number of rotatable bonds is 6. The van der Waals surface area contributed by atoms with E-state index in [1.807, 2.05) is 6.92 Å². The predicted molar refractivity (Wildman–Crippen MR) is 72.6 cm³/mol. The van der Waals surface area contributed by atoms with Crippen molar-refractivity contribution < 1.29 is 10.0 Å². The van der Waals surface area contributed by atoms with Gasteiger partial charge in [-0.2, -0.15) is 0 Å². The van der Waals surface area contributed by atoms with Crippen molar-refractivity contribution in [3.05, 3.63) is 26.9 Å². The molecule has 0 aromatic carbocycles. The lowest BCUT2D eigenvalue weighted by atomic mass is 10.0. The number of hydrogen-bond acceptors (Lipinski definition) is 5. The van der Waals surface area contributed by atoms with Crippen LogP contribution in [0.3, 0.4) is 0 Å². The molecule has 0 saturated carbocycles. The molecule has 0 aliphatic carbocycles. The summed E-state index contributed by atoms with van der Waals surface area (Å²) in [6.45, 7) is 4.07. The van der Waals surface area contributed by atoms with Gasteiger partial charge in [0.05, 0.1) is 15.0 Å². The number of aromatic nitrogens is 1. The second kappa shape index (κ2) is 6.10. The maximum absolute atomic E-state index is 10.6. The van der Waals surface area contributed by atoms with Gasteiger partial charge in [-0.25, -0.2) is 4.98 Å². The van der Waals surface area contributed by atoms with Crippen LogP contribution in [0.15, 0.2) is 16.7 Å². The molecular formula is C11H16BrN3O3. The molecule has 1 unspecified atom stereocenters. The highest BCUT2D eigenvalue weighted by atomic mass is 79.9. The monoisotopic (exact) mass is 317 g/mol. The van der Waals surface area contributed by atoms with E-state index in [2.05, 4.69) is 26.2 Å². The molecule has 0 aliphatic rings. The molecule has 100 valence electrons. The third-order valence-electron chi connectivity index (χ3n) is 2.46. The highest BCUT2D eigenvalue weighted by Gasteiger charge is 2.19. The van der Waals surface area contributed by atoms with Crippen molar-refractivity contribution in [1.82, 2.24) is 4.98 Å². The van der Waals surface area contributed by atoms with Crippen molar-refractivity contribution in [1.29, 1.82) is 0 Å². The number of nitrogens with zero attached hydrogens (tertiary/aromatic N) is 2. The van der Waals surface area contributed by atoms with Crippen LogP contribution in [0.1, 0.15) is 26.7 Å². The number of pyridine rings is 1. The molecule has 6 nitrogen and oxygen atoms in total. The Morgan fingerprint density at radius 3 is 2.83 bits per heavy atom. The van der Waals surface area contributed by atoms with Crippen LogP contribution >= 0.6 is 15.9 Å². The first-order chi connectivity index (χ1) is 8.35. The van der Waals surface area contributed by atoms with Crippen LogP contribution in [0, 0.1) is 10.1 Å². The number of hydrogen-bond donors (Lipinski definition) is 2. The Bertz CT molecular complexity index is 438. The van der Waals surface area contributed by atoms with Gasteiger partial charge in [0, 0.05) is 12.6 Å². The average molecular weight is 318 g/mol. The van der Waals surface area contributed by atoms with Crippen LogP contribution in [0.2, 0.25) is 0 Å². The van der Waals surface area contributed by atoms with Gasteiger partial charge in [0.15, 0.2) is 0 Å². The predicted octanol–water partition coefficient (Wildman–Crippen LogP) is 2.72. The largest absolute Gasteiger partial charge is 0.388 e. The van der Waals surface area contributed by atoms with Crippen LogP contribution in [-0.4, -0.2) is 27.2 Å². The van der Waals surface area contributed by atoms with Crippen molar-refractivity contribution >= 4 is 27.4 Å². The van der Waals surface area contributed by atoms with Gasteiger partial charge in [-0.3, -0.25) is 10.1 Å². The van der Waals surface area contributed by atoms with E-state index in [4.69, 9.17) is 0 Å². The molecule has 2 N–H and O–H groups in total. The molecular weight excluding hydrogens is 302 g/mol. The molecule has 1 aromatic heterocycles. The van der Waals surface area contributed by atoms with E-state index >= 15 is 0 Å². The Kier molecular flexibility index (Phi) is 5.03. The van der Waals surface area contributed by atoms with Crippen LogP contribution in [0.5, 0.6) is 0 Å². The van der Waals surface area contributed by atoms with Gasteiger partial charge in [-0.05, 0) is 29.3 Å². The van der Waals surface area contributed by atoms with Crippen molar-refractivity contribution in [2.24, 2.45) is 0 Å². The molecule has 7 heteroatoms. The van der Waals surface area contributed by atoms with Crippen molar-refractivity contribution in [3.63, 3.8) is 0 Å². The van der Waals surface area contributed by atoms with Crippen LogP contribution in [0.25, 0.3) is 0 Å². The van der Waals surface area contributed by atoms with Crippen molar-refractivity contribution in [2.45, 2.75) is 32.3 Å². The normalized spacial score (nSPS) is 14.0. The second-order valence-electron chi connectivity index (χ2n) is 4.38. The fourth-order valence-electron chi connectivity index (χ4n) is 1.56. The van der Waals surface area contributed by atoms with Gasteiger partial charge >= 0.3 is 0 Å². The molecule has 0 bridgehead atoms. The standard InChI is InChI=1S/C11H16BrN3O3/c1-3-4-11(2,16)7-14-10-9(12)5-8(6-13-10)15(17)18/h5-6,16H,3-4,7H2,1-2H3,(H,13,14). The summed E-state index contributed by atoms with van der Waals surface area (Å²) in [4.78, 5) is 14.0. The minimum atomic E-state index is -0.822. The molecule has 18 heavy (non-hydrogen) atoms. The molecule has 0 saturated heterocycles. The van der Waals surface area contributed by atoms with Crippen LogP contribution < -0.4 is 5.32 Å². The topological polar surface area (TPSA) is 88.3 Å². The summed E-state index contributed by atoms with van der Waals surface area (Å²) in [5.74, 6) is 0.483. The first-order valence-electron chi connectivity index (χ1n) is 5.62. The molecule has 1 rings (SSSR count). The maximum Gasteiger partial charge on any atom is 0.288 e. The van der Waals surface area contributed by atoms with Crippen molar-refractivity contribution in [2.75, 3.05) is 11.9 Å². The van der Waals surface area contributed by atoms with Gasteiger partial charge in [0.25, 0.3) is 5.69 Å². The SMILES string of the molecule is CCCC(C)(O)CNc1ncc([N+](=O)[O-])cc1Br. The highest BCUT2D eigenvalue weighted by Crippen LogP contribution is 2.25. The van der Waals surface area contributed by atoms with Crippen molar-refractivity contribution in [3.8, 4) is 0 Å². The minimum absolute atomic E-state index is 0.0762. The van der Waals surface area contributed by atoms with E-state index in [0.717, 1.165) is 6.42 Å². The average Bonchev–Trinajstić information content (AvgIpc) is 2.27. The summed E-state index contributed by atoms with van der Waals surface area (Å²) in [6, 6.07) is 1.38. The summed E-state index contributed by atoms with van der Waals surface area (Å²) < 4.78 is 0.504. The van der Waals surface area contributed by atoms with E-state index < -0.39 is 10.5 Å². The quantitative estimate of drug-likeness (QED) is 0.622. The first-order valence-corrected chi connectivity index (χ1v) is 6.41. The summed E-state index contributed by atoms with van der Waals surface area (Å²) in [7, 11) is 0. The molecule has 1 aromatic rings. The van der Waals surface area contributed by atoms with Gasteiger partial charge < -0.3 is 10.4 Å². The second-order valence-corrected chi connectivity index (χ2v) is 5.24. The molecule has 0 radical (unpaired) electrons. The van der Waals surface area contributed by atoms with Gasteiger partial charge in [0.1, 0.15) is 12.0 Å². The molecule has 1 heterocycles. The van der Waals surface area contributed by atoms with E-state index in [0.29, 0.717) is 23.3 Å². The summed E-state index contributed by atoms with van der Waals surface area (Å²) >= 11 is 3.21. The molecule has 0 amide bonds.